The molecular formula is C16H20N2O. The summed E-state index contributed by atoms with van der Waals surface area (Å²) in [7, 11) is 2.02. The third-order valence-electron chi connectivity index (χ3n) is 3.22. The van der Waals surface area contributed by atoms with Gasteiger partial charge in [-0.3, -0.25) is 0 Å². The topological polar surface area (TPSA) is 36.4 Å². The summed E-state index contributed by atoms with van der Waals surface area (Å²) in [4.78, 5) is 6.46. The zero-order valence-electron chi connectivity index (χ0n) is 11.5. The number of nitrogens with zero attached hydrogens (tertiary/aromatic N) is 2. The van der Waals surface area contributed by atoms with E-state index in [1.165, 1.54) is 5.56 Å². The number of benzene rings is 1. The fourth-order valence-corrected chi connectivity index (χ4v) is 1.96. The smallest absolute Gasteiger partial charge is 0.128 e. The Morgan fingerprint density at radius 3 is 2.63 bits per heavy atom. The van der Waals surface area contributed by atoms with Crippen LogP contribution in [0.4, 0.5) is 5.82 Å². The van der Waals surface area contributed by atoms with Crippen molar-refractivity contribution in [1.82, 2.24) is 4.98 Å². The van der Waals surface area contributed by atoms with Crippen LogP contribution in [-0.2, 0) is 6.42 Å². The highest BCUT2D eigenvalue weighted by Crippen LogP contribution is 2.17. The van der Waals surface area contributed by atoms with Crippen molar-refractivity contribution < 1.29 is 5.11 Å². The summed E-state index contributed by atoms with van der Waals surface area (Å²) in [5.41, 5.74) is 2.22. The number of rotatable bonds is 5. The summed E-state index contributed by atoms with van der Waals surface area (Å²) in [6, 6.07) is 14.2. The Bertz CT molecular complexity index is 511. The number of aliphatic hydroxyl groups excluding tert-OH is 1. The molecule has 2 rings (SSSR count). The molecule has 3 heteroatoms. The maximum atomic E-state index is 9.59. The molecule has 0 aliphatic rings. The van der Waals surface area contributed by atoms with E-state index in [9.17, 15) is 5.11 Å². The minimum Gasteiger partial charge on any atom is -0.389 e. The molecule has 0 aliphatic heterocycles. The molecule has 100 valence electrons. The zero-order valence-corrected chi connectivity index (χ0v) is 11.5. The number of aromatic nitrogens is 1. The van der Waals surface area contributed by atoms with Crippen molar-refractivity contribution in [3.8, 4) is 0 Å². The van der Waals surface area contributed by atoms with E-state index in [1.54, 1.807) is 13.1 Å². The number of likely N-dealkylation sites (N-methyl/N-ethyl adjacent to an activating group) is 1. The van der Waals surface area contributed by atoms with Crippen molar-refractivity contribution in [3.63, 3.8) is 0 Å². The Balaban J connectivity index is 2.00. The van der Waals surface area contributed by atoms with Crippen molar-refractivity contribution in [2.45, 2.75) is 19.4 Å². The molecule has 1 atom stereocenters. The number of hydrogen-bond donors (Lipinski definition) is 1. The first-order valence-corrected chi connectivity index (χ1v) is 6.56. The van der Waals surface area contributed by atoms with Gasteiger partial charge in [-0.05, 0) is 36.6 Å². The second-order valence-electron chi connectivity index (χ2n) is 4.78. The Morgan fingerprint density at radius 1 is 1.21 bits per heavy atom. The molecule has 19 heavy (non-hydrogen) atoms. The minimum atomic E-state index is -0.454. The highest BCUT2D eigenvalue weighted by Gasteiger charge is 2.06. The summed E-state index contributed by atoms with van der Waals surface area (Å²) >= 11 is 0. The van der Waals surface area contributed by atoms with Crippen LogP contribution in [-0.4, -0.2) is 23.7 Å². The molecule has 3 nitrogen and oxygen atoms in total. The van der Waals surface area contributed by atoms with Crippen LogP contribution in [0.15, 0.2) is 48.7 Å². The SMILES string of the molecule is C[C@@H](O)c1ccnc(N(C)CCc2ccccc2)c1. The molecule has 0 unspecified atom stereocenters. The second kappa shape index (κ2) is 6.34. The van der Waals surface area contributed by atoms with Crippen LogP contribution in [0.25, 0.3) is 0 Å². The van der Waals surface area contributed by atoms with E-state index in [1.807, 2.05) is 25.2 Å². The fraction of sp³-hybridized carbons (Fsp3) is 0.312. The van der Waals surface area contributed by atoms with Crippen LogP contribution in [0.3, 0.4) is 0 Å². The fourth-order valence-electron chi connectivity index (χ4n) is 1.96. The van der Waals surface area contributed by atoms with Crippen LogP contribution in [0.5, 0.6) is 0 Å². The summed E-state index contributed by atoms with van der Waals surface area (Å²) in [6.07, 6.45) is 2.28. The van der Waals surface area contributed by atoms with Crippen LogP contribution < -0.4 is 4.90 Å². The predicted octanol–water partition coefficient (Wildman–Crippen LogP) is 2.81. The summed E-state index contributed by atoms with van der Waals surface area (Å²) in [6.45, 7) is 2.67. The minimum absolute atomic E-state index is 0.454. The molecule has 2 aromatic rings. The third-order valence-corrected chi connectivity index (χ3v) is 3.22. The quantitative estimate of drug-likeness (QED) is 0.893. The van der Waals surface area contributed by atoms with Gasteiger partial charge in [0.05, 0.1) is 6.10 Å². The third kappa shape index (κ3) is 3.80. The van der Waals surface area contributed by atoms with Gasteiger partial charge in [0.25, 0.3) is 0 Å². The average Bonchev–Trinajstić information content (AvgIpc) is 2.46. The van der Waals surface area contributed by atoms with Crippen molar-refractivity contribution in [2.24, 2.45) is 0 Å². The first kappa shape index (κ1) is 13.6. The van der Waals surface area contributed by atoms with E-state index in [0.29, 0.717) is 0 Å². The molecule has 0 spiro atoms. The molecule has 1 heterocycles. The number of anilines is 1. The van der Waals surface area contributed by atoms with E-state index in [0.717, 1.165) is 24.3 Å². The number of pyridine rings is 1. The molecule has 0 radical (unpaired) electrons. The lowest BCUT2D eigenvalue weighted by Gasteiger charge is -2.19. The first-order chi connectivity index (χ1) is 9.16. The van der Waals surface area contributed by atoms with Gasteiger partial charge in [-0.1, -0.05) is 30.3 Å². The Morgan fingerprint density at radius 2 is 1.95 bits per heavy atom. The van der Waals surface area contributed by atoms with Gasteiger partial charge in [-0.25, -0.2) is 4.98 Å². The van der Waals surface area contributed by atoms with E-state index in [4.69, 9.17) is 0 Å². The highest BCUT2D eigenvalue weighted by molar-refractivity contribution is 5.40. The van der Waals surface area contributed by atoms with Gasteiger partial charge in [-0.15, -0.1) is 0 Å². The van der Waals surface area contributed by atoms with Crippen molar-refractivity contribution >= 4 is 5.82 Å². The van der Waals surface area contributed by atoms with Gasteiger partial charge in [0.2, 0.25) is 0 Å². The van der Waals surface area contributed by atoms with Gasteiger partial charge in [-0.2, -0.15) is 0 Å². The van der Waals surface area contributed by atoms with Gasteiger partial charge in [0.1, 0.15) is 5.82 Å². The maximum Gasteiger partial charge on any atom is 0.128 e. The van der Waals surface area contributed by atoms with Gasteiger partial charge < -0.3 is 10.0 Å². The van der Waals surface area contributed by atoms with E-state index in [2.05, 4.69) is 34.1 Å². The van der Waals surface area contributed by atoms with Gasteiger partial charge in [0, 0.05) is 19.8 Å². The predicted molar refractivity (Wildman–Crippen MR) is 78.3 cm³/mol. The Kier molecular flexibility index (Phi) is 4.53. The molecule has 1 N–H and O–H groups in total. The molecule has 0 bridgehead atoms. The van der Waals surface area contributed by atoms with Crippen LogP contribution in [0.1, 0.15) is 24.2 Å². The number of aliphatic hydroxyl groups is 1. The molecular weight excluding hydrogens is 236 g/mol. The normalized spacial score (nSPS) is 12.2. The molecule has 0 fully saturated rings. The van der Waals surface area contributed by atoms with Crippen molar-refractivity contribution in [3.05, 3.63) is 59.8 Å². The second-order valence-corrected chi connectivity index (χ2v) is 4.78. The molecule has 1 aromatic carbocycles. The Hall–Kier alpha value is -1.87. The van der Waals surface area contributed by atoms with Crippen LogP contribution in [0, 0.1) is 0 Å². The highest BCUT2D eigenvalue weighted by atomic mass is 16.3. The average molecular weight is 256 g/mol. The molecule has 0 saturated heterocycles. The van der Waals surface area contributed by atoms with Gasteiger partial charge >= 0.3 is 0 Å². The monoisotopic (exact) mass is 256 g/mol. The lowest BCUT2D eigenvalue weighted by Crippen LogP contribution is -2.21. The van der Waals surface area contributed by atoms with Crippen molar-refractivity contribution in [2.75, 3.05) is 18.5 Å². The molecule has 0 amide bonds. The van der Waals surface area contributed by atoms with Crippen molar-refractivity contribution in [1.29, 1.82) is 0 Å². The van der Waals surface area contributed by atoms with Crippen LogP contribution >= 0.6 is 0 Å². The molecule has 0 saturated carbocycles. The summed E-state index contributed by atoms with van der Waals surface area (Å²) < 4.78 is 0. The number of hydrogen-bond acceptors (Lipinski definition) is 3. The molecule has 0 aliphatic carbocycles. The maximum absolute atomic E-state index is 9.59. The van der Waals surface area contributed by atoms with E-state index in [-0.39, 0.29) is 0 Å². The zero-order chi connectivity index (χ0) is 13.7. The first-order valence-electron chi connectivity index (χ1n) is 6.56. The standard InChI is InChI=1S/C16H20N2O/c1-13(19)15-8-10-17-16(12-15)18(2)11-9-14-6-4-3-5-7-14/h3-8,10,12-13,19H,9,11H2,1-2H3/t13-/m1/s1. The van der Waals surface area contributed by atoms with E-state index < -0.39 is 6.10 Å². The molecule has 1 aromatic heterocycles. The lowest BCUT2D eigenvalue weighted by atomic mass is 10.1. The van der Waals surface area contributed by atoms with E-state index >= 15 is 0 Å². The summed E-state index contributed by atoms with van der Waals surface area (Å²) in [5.74, 6) is 0.898. The summed E-state index contributed by atoms with van der Waals surface area (Å²) in [5, 5.41) is 9.59. The van der Waals surface area contributed by atoms with Crippen LogP contribution in [0.2, 0.25) is 0 Å². The van der Waals surface area contributed by atoms with Gasteiger partial charge in [0.15, 0.2) is 0 Å². The lowest BCUT2D eigenvalue weighted by molar-refractivity contribution is 0.199. The Labute approximate surface area is 114 Å². The largest absolute Gasteiger partial charge is 0.389 e.